The Hall–Kier alpha value is -3.56. The van der Waals surface area contributed by atoms with Gasteiger partial charge in [-0.15, -0.1) is 0 Å². The minimum atomic E-state index is -0.804. The van der Waals surface area contributed by atoms with Crippen LogP contribution >= 0.6 is 0 Å². The SMILES string of the molecule is Cc1n[nH]c(C)c1-c1ccc(NC(=O)[C@@H](NC(=O)c2conc2C(C)C)C(C2CCCCC2)C2CCCCC2)nc1F. The number of hydrogen-bond acceptors (Lipinski definition) is 6. The van der Waals surface area contributed by atoms with E-state index in [0.717, 1.165) is 57.1 Å². The number of nitrogens with zero attached hydrogens (tertiary/aromatic N) is 3. The summed E-state index contributed by atoms with van der Waals surface area (Å²) in [4.78, 5) is 31.9. The number of aromatic amines is 1. The Morgan fingerprint density at radius 3 is 2.19 bits per heavy atom. The number of nitrogens with one attached hydrogen (secondary N) is 3. The highest BCUT2D eigenvalue weighted by molar-refractivity contribution is 6.01. The zero-order valence-electron chi connectivity index (χ0n) is 25.1. The topological polar surface area (TPSA) is 126 Å². The van der Waals surface area contributed by atoms with Gasteiger partial charge in [-0.1, -0.05) is 83.2 Å². The first-order chi connectivity index (χ1) is 20.2. The summed E-state index contributed by atoms with van der Waals surface area (Å²) in [5, 5.41) is 17.0. The van der Waals surface area contributed by atoms with Crippen LogP contribution < -0.4 is 10.6 Å². The third-order valence-corrected chi connectivity index (χ3v) is 9.23. The lowest BCUT2D eigenvalue weighted by molar-refractivity contribution is -0.121. The Kier molecular flexibility index (Phi) is 9.38. The molecule has 0 unspecified atom stereocenters. The van der Waals surface area contributed by atoms with Crippen molar-refractivity contribution in [3.05, 3.63) is 47.0 Å². The van der Waals surface area contributed by atoms with Gasteiger partial charge < -0.3 is 15.2 Å². The molecule has 0 bridgehead atoms. The summed E-state index contributed by atoms with van der Waals surface area (Å²) in [5.74, 6) is -0.733. The van der Waals surface area contributed by atoms with E-state index in [4.69, 9.17) is 4.52 Å². The molecule has 0 spiro atoms. The van der Waals surface area contributed by atoms with Gasteiger partial charge in [-0.25, -0.2) is 4.98 Å². The zero-order valence-corrected chi connectivity index (χ0v) is 25.1. The van der Waals surface area contributed by atoms with E-state index in [9.17, 15) is 9.59 Å². The molecule has 9 nitrogen and oxygen atoms in total. The molecule has 3 aromatic heterocycles. The summed E-state index contributed by atoms with van der Waals surface area (Å²) in [6, 6.07) is 2.41. The van der Waals surface area contributed by atoms with Crippen molar-refractivity contribution in [2.45, 2.75) is 104 Å². The minimum absolute atomic E-state index is 0.0162. The molecule has 3 N–H and O–H groups in total. The molecule has 0 aromatic carbocycles. The molecule has 3 aromatic rings. The molecule has 0 saturated heterocycles. The van der Waals surface area contributed by atoms with Crippen LogP contribution in [0.3, 0.4) is 0 Å². The van der Waals surface area contributed by atoms with Gasteiger partial charge in [0.2, 0.25) is 11.9 Å². The lowest BCUT2D eigenvalue weighted by atomic mass is 9.66. The summed E-state index contributed by atoms with van der Waals surface area (Å²) in [5.41, 5.74) is 3.29. The van der Waals surface area contributed by atoms with E-state index in [0.29, 0.717) is 39.9 Å². The van der Waals surface area contributed by atoms with Crippen LogP contribution in [-0.4, -0.2) is 38.2 Å². The Labute approximate surface area is 246 Å². The minimum Gasteiger partial charge on any atom is -0.364 e. The van der Waals surface area contributed by atoms with Gasteiger partial charge in [0.05, 0.1) is 11.4 Å². The summed E-state index contributed by atoms with van der Waals surface area (Å²) >= 11 is 0. The van der Waals surface area contributed by atoms with Crippen molar-refractivity contribution in [2.75, 3.05) is 5.32 Å². The Morgan fingerprint density at radius 2 is 1.64 bits per heavy atom. The number of aryl methyl sites for hydroxylation is 2. The summed E-state index contributed by atoms with van der Waals surface area (Å²) < 4.78 is 20.5. The highest BCUT2D eigenvalue weighted by Gasteiger charge is 2.41. The van der Waals surface area contributed by atoms with E-state index in [-0.39, 0.29) is 29.5 Å². The largest absolute Gasteiger partial charge is 0.364 e. The Balaban J connectivity index is 1.46. The molecular formula is C32H43FN6O3. The highest BCUT2D eigenvalue weighted by Crippen LogP contribution is 2.42. The summed E-state index contributed by atoms with van der Waals surface area (Å²) in [6.07, 6.45) is 12.4. The van der Waals surface area contributed by atoms with Crippen molar-refractivity contribution < 1.29 is 18.5 Å². The van der Waals surface area contributed by atoms with E-state index < -0.39 is 12.0 Å². The van der Waals surface area contributed by atoms with Gasteiger partial charge in [0.25, 0.3) is 5.91 Å². The Morgan fingerprint density at radius 1 is 1.00 bits per heavy atom. The average Bonchev–Trinajstić information content (AvgIpc) is 3.61. The van der Waals surface area contributed by atoms with Crippen LogP contribution in [0.15, 0.2) is 22.9 Å². The van der Waals surface area contributed by atoms with Crippen molar-refractivity contribution in [1.82, 2.24) is 25.7 Å². The van der Waals surface area contributed by atoms with Crippen molar-refractivity contribution in [1.29, 1.82) is 0 Å². The van der Waals surface area contributed by atoms with Gasteiger partial charge in [-0.3, -0.25) is 14.7 Å². The number of pyridine rings is 1. The second-order valence-electron chi connectivity index (χ2n) is 12.4. The second-order valence-corrected chi connectivity index (χ2v) is 12.4. The van der Waals surface area contributed by atoms with Gasteiger partial charge >= 0.3 is 0 Å². The number of carbonyl (C=O) groups excluding carboxylic acids is 2. The van der Waals surface area contributed by atoms with Gasteiger partial charge in [0, 0.05) is 16.8 Å². The molecule has 10 heteroatoms. The molecule has 5 rings (SSSR count). The number of H-pyrrole nitrogens is 1. The predicted octanol–water partition coefficient (Wildman–Crippen LogP) is 6.85. The molecule has 2 amide bonds. The lowest BCUT2D eigenvalue weighted by Crippen LogP contribution is -2.53. The predicted molar refractivity (Wildman–Crippen MR) is 158 cm³/mol. The van der Waals surface area contributed by atoms with Gasteiger partial charge in [-0.2, -0.15) is 9.49 Å². The number of carbonyl (C=O) groups is 2. The molecule has 226 valence electrons. The van der Waals surface area contributed by atoms with Crippen LogP contribution in [0.2, 0.25) is 0 Å². The van der Waals surface area contributed by atoms with Crippen LogP contribution in [0.1, 0.15) is 111 Å². The smallest absolute Gasteiger partial charge is 0.257 e. The highest BCUT2D eigenvalue weighted by atomic mass is 19.1. The van der Waals surface area contributed by atoms with Gasteiger partial charge in [0.1, 0.15) is 23.7 Å². The fraction of sp³-hybridized carbons (Fsp3) is 0.594. The fourth-order valence-electron chi connectivity index (χ4n) is 7.20. The maximum absolute atomic E-state index is 15.3. The van der Waals surface area contributed by atoms with E-state index in [1.807, 2.05) is 20.8 Å². The third-order valence-electron chi connectivity index (χ3n) is 9.23. The maximum Gasteiger partial charge on any atom is 0.257 e. The van der Waals surface area contributed by atoms with E-state index in [1.165, 1.54) is 19.1 Å². The van der Waals surface area contributed by atoms with Crippen LogP contribution in [0.5, 0.6) is 0 Å². The maximum atomic E-state index is 15.3. The number of anilines is 1. The first-order valence-electron chi connectivity index (χ1n) is 15.5. The molecule has 42 heavy (non-hydrogen) atoms. The molecule has 0 aliphatic heterocycles. The van der Waals surface area contributed by atoms with Crippen LogP contribution in [0, 0.1) is 37.5 Å². The molecule has 3 heterocycles. The number of hydrogen-bond donors (Lipinski definition) is 3. The first-order valence-corrected chi connectivity index (χ1v) is 15.5. The average molecular weight is 579 g/mol. The standard InChI is InChI=1S/C32H43FN6O3/c1-18(2)28-24(17-42-39-28)31(40)36-29(27(21-11-7-5-8-12-21)22-13-9-6-10-14-22)32(41)35-25-16-15-23(30(33)34-25)26-19(3)37-38-20(26)4/h15-18,21-22,27,29H,5-14H2,1-4H3,(H,36,40)(H,37,38)(H,34,35,41)/t29-/m0/s1. The second kappa shape index (κ2) is 13.2. The number of halogens is 1. The van der Waals surface area contributed by atoms with Gasteiger partial charge in [-0.05, 0) is 49.7 Å². The van der Waals surface area contributed by atoms with Crippen LogP contribution in [-0.2, 0) is 4.79 Å². The van der Waals surface area contributed by atoms with E-state index in [2.05, 4.69) is 31.0 Å². The summed E-state index contributed by atoms with van der Waals surface area (Å²) in [6.45, 7) is 7.52. The fourth-order valence-corrected chi connectivity index (χ4v) is 7.20. The van der Waals surface area contributed by atoms with Crippen LogP contribution in [0.25, 0.3) is 11.1 Å². The molecule has 2 aliphatic rings. The molecule has 2 fully saturated rings. The lowest BCUT2D eigenvalue weighted by Gasteiger charge is -2.41. The number of rotatable bonds is 9. The number of aromatic nitrogens is 4. The van der Waals surface area contributed by atoms with Gasteiger partial charge in [0.15, 0.2) is 0 Å². The molecule has 0 radical (unpaired) electrons. The van der Waals surface area contributed by atoms with Crippen LogP contribution in [0.4, 0.5) is 10.2 Å². The normalized spacial score (nSPS) is 17.5. The molecular weight excluding hydrogens is 535 g/mol. The number of amides is 2. The van der Waals surface area contributed by atoms with Crippen molar-refractivity contribution >= 4 is 17.6 Å². The molecule has 2 saturated carbocycles. The molecule has 2 aliphatic carbocycles. The zero-order chi connectivity index (χ0) is 29.8. The van der Waals surface area contributed by atoms with E-state index >= 15 is 4.39 Å². The Bertz CT molecular complexity index is 1350. The first kappa shape index (κ1) is 29.9. The van der Waals surface area contributed by atoms with Crippen molar-refractivity contribution in [3.8, 4) is 11.1 Å². The quantitative estimate of drug-likeness (QED) is 0.238. The van der Waals surface area contributed by atoms with Crippen molar-refractivity contribution in [3.63, 3.8) is 0 Å². The summed E-state index contributed by atoms with van der Waals surface area (Å²) in [7, 11) is 0. The monoisotopic (exact) mass is 578 g/mol. The van der Waals surface area contributed by atoms with E-state index in [1.54, 1.807) is 19.1 Å². The molecule has 1 atom stereocenters. The van der Waals surface area contributed by atoms with Crippen molar-refractivity contribution in [2.24, 2.45) is 17.8 Å². The third kappa shape index (κ3) is 6.42.